The number of halogens is 5. The zero-order valence-corrected chi connectivity index (χ0v) is 12.2. The zero-order chi connectivity index (χ0) is 17.9. The summed E-state index contributed by atoms with van der Waals surface area (Å²) in [6, 6.07) is 7.63. The Balaban J connectivity index is 2.06. The molecule has 0 aromatic heterocycles. The molecule has 128 valence electrons. The van der Waals surface area contributed by atoms with Crippen LogP contribution in [0.4, 0.5) is 22.0 Å². The molecule has 0 aliphatic carbocycles. The van der Waals surface area contributed by atoms with Crippen LogP contribution in [0.3, 0.4) is 0 Å². The van der Waals surface area contributed by atoms with Crippen LogP contribution >= 0.6 is 0 Å². The second-order valence-electron chi connectivity index (χ2n) is 4.79. The molecule has 0 N–H and O–H groups in total. The molecule has 2 aromatic carbocycles. The zero-order valence-electron chi connectivity index (χ0n) is 12.2. The van der Waals surface area contributed by atoms with Gasteiger partial charge in [-0.2, -0.15) is 0 Å². The summed E-state index contributed by atoms with van der Waals surface area (Å²) in [4.78, 5) is 11.9. The molecule has 24 heavy (non-hydrogen) atoms. The predicted octanol–water partition coefficient (Wildman–Crippen LogP) is 4.78. The lowest BCUT2D eigenvalue weighted by atomic mass is 10.1. The van der Waals surface area contributed by atoms with E-state index < -0.39 is 30.1 Å². The summed E-state index contributed by atoms with van der Waals surface area (Å²) in [5.74, 6) is -3.32. The second kappa shape index (κ2) is 6.96. The van der Waals surface area contributed by atoms with Gasteiger partial charge in [-0.3, -0.25) is 4.74 Å². The van der Waals surface area contributed by atoms with Crippen molar-refractivity contribution in [2.75, 3.05) is 0 Å². The standard InChI is InChI=1S/C16H11F5O3/c1-9(24-16(19,20)21)10-2-4-11(5-3-10)15(22)23-12-6-7-13(17)14(18)8-12/h2-9H,1H3. The van der Waals surface area contributed by atoms with Crippen molar-refractivity contribution in [3.8, 4) is 5.75 Å². The van der Waals surface area contributed by atoms with Gasteiger partial charge in [0.25, 0.3) is 0 Å². The Morgan fingerprint density at radius 3 is 2.17 bits per heavy atom. The van der Waals surface area contributed by atoms with E-state index in [-0.39, 0.29) is 16.9 Å². The molecule has 0 aliphatic heterocycles. The largest absolute Gasteiger partial charge is 0.523 e. The number of hydrogen-bond acceptors (Lipinski definition) is 3. The molecular formula is C16H11F5O3. The molecule has 0 spiro atoms. The van der Waals surface area contributed by atoms with Crippen LogP contribution in [0.5, 0.6) is 5.75 Å². The van der Waals surface area contributed by atoms with Gasteiger partial charge in [0, 0.05) is 6.07 Å². The first-order valence-electron chi connectivity index (χ1n) is 6.67. The van der Waals surface area contributed by atoms with Crippen LogP contribution in [0.15, 0.2) is 42.5 Å². The van der Waals surface area contributed by atoms with Gasteiger partial charge in [-0.1, -0.05) is 12.1 Å². The van der Waals surface area contributed by atoms with Gasteiger partial charge in [0.05, 0.1) is 11.7 Å². The lowest BCUT2D eigenvalue weighted by molar-refractivity contribution is -0.342. The number of alkyl halides is 3. The number of carbonyl (C=O) groups excluding carboxylic acids is 1. The average Bonchev–Trinajstić information content (AvgIpc) is 2.49. The third-order valence-electron chi connectivity index (χ3n) is 3.03. The van der Waals surface area contributed by atoms with E-state index in [0.29, 0.717) is 6.07 Å². The number of esters is 1. The van der Waals surface area contributed by atoms with Gasteiger partial charge in [-0.05, 0) is 36.8 Å². The third-order valence-corrected chi connectivity index (χ3v) is 3.03. The Bertz CT molecular complexity index is 725. The van der Waals surface area contributed by atoms with E-state index in [2.05, 4.69) is 4.74 Å². The van der Waals surface area contributed by atoms with Gasteiger partial charge >= 0.3 is 12.3 Å². The Morgan fingerprint density at radius 1 is 1.00 bits per heavy atom. The van der Waals surface area contributed by atoms with E-state index in [1.165, 1.54) is 31.2 Å². The minimum atomic E-state index is -4.77. The Morgan fingerprint density at radius 2 is 1.62 bits per heavy atom. The number of ether oxygens (including phenoxy) is 2. The average molecular weight is 346 g/mol. The summed E-state index contributed by atoms with van der Waals surface area (Å²) in [5.41, 5.74) is 0.236. The lowest BCUT2D eigenvalue weighted by Gasteiger charge is -2.15. The SMILES string of the molecule is CC(OC(F)(F)F)c1ccc(C(=O)Oc2ccc(F)c(F)c2)cc1. The van der Waals surface area contributed by atoms with Crippen LogP contribution < -0.4 is 4.74 Å². The van der Waals surface area contributed by atoms with Gasteiger partial charge in [0.15, 0.2) is 11.6 Å². The van der Waals surface area contributed by atoms with Crippen molar-refractivity contribution in [2.45, 2.75) is 19.4 Å². The van der Waals surface area contributed by atoms with Crippen LogP contribution in [0.1, 0.15) is 28.9 Å². The first-order valence-corrected chi connectivity index (χ1v) is 6.67. The minimum absolute atomic E-state index is 0.0303. The summed E-state index contributed by atoms with van der Waals surface area (Å²) in [5, 5.41) is 0. The smallest absolute Gasteiger partial charge is 0.423 e. The van der Waals surface area contributed by atoms with E-state index in [1.807, 2.05) is 0 Å². The molecule has 8 heteroatoms. The summed E-state index contributed by atoms with van der Waals surface area (Å²) in [6.07, 6.45) is -6.02. The molecule has 0 fully saturated rings. The van der Waals surface area contributed by atoms with Gasteiger partial charge in [0.2, 0.25) is 0 Å². The topological polar surface area (TPSA) is 35.5 Å². The molecule has 0 amide bonds. The fourth-order valence-electron chi connectivity index (χ4n) is 1.87. The first-order chi connectivity index (χ1) is 11.2. The molecule has 3 nitrogen and oxygen atoms in total. The fourth-order valence-corrected chi connectivity index (χ4v) is 1.87. The molecule has 2 rings (SSSR count). The highest BCUT2D eigenvalue weighted by Crippen LogP contribution is 2.27. The quantitative estimate of drug-likeness (QED) is 0.454. The van der Waals surface area contributed by atoms with E-state index in [9.17, 15) is 26.7 Å². The molecular weight excluding hydrogens is 335 g/mol. The molecule has 0 saturated carbocycles. The van der Waals surface area contributed by atoms with Gasteiger partial charge in [0.1, 0.15) is 5.75 Å². The molecule has 1 atom stereocenters. The van der Waals surface area contributed by atoms with Crippen molar-refractivity contribution >= 4 is 5.97 Å². The molecule has 1 unspecified atom stereocenters. The van der Waals surface area contributed by atoms with E-state index in [4.69, 9.17) is 4.74 Å². The van der Waals surface area contributed by atoms with Crippen LogP contribution in [-0.2, 0) is 4.74 Å². The van der Waals surface area contributed by atoms with E-state index >= 15 is 0 Å². The highest BCUT2D eigenvalue weighted by Gasteiger charge is 2.32. The van der Waals surface area contributed by atoms with Crippen molar-refractivity contribution in [1.82, 2.24) is 0 Å². The summed E-state index contributed by atoms with van der Waals surface area (Å²) < 4.78 is 71.0. The van der Waals surface area contributed by atoms with E-state index in [0.717, 1.165) is 12.1 Å². The molecule has 0 saturated heterocycles. The maximum atomic E-state index is 13.0. The number of benzene rings is 2. The third kappa shape index (κ3) is 4.76. The van der Waals surface area contributed by atoms with Crippen LogP contribution in [-0.4, -0.2) is 12.3 Å². The van der Waals surface area contributed by atoms with Crippen molar-refractivity contribution in [1.29, 1.82) is 0 Å². The van der Waals surface area contributed by atoms with Gasteiger partial charge in [-0.15, -0.1) is 13.2 Å². The maximum absolute atomic E-state index is 13.0. The van der Waals surface area contributed by atoms with Crippen LogP contribution in [0, 0.1) is 11.6 Å². The maximum Gasteiger partial charge on any atom is 0.523 e. The fraction of sp³-hybridized carbons (Fsp3) is 0.188. The highest BCUT2D eigenvalue weighted by molar-refractivity contribution is 5.91. The van der Waals surface area contributed by atoms with Gasteiger partial charge < -0.3 is 4.74 Å². The van der Waals surface area contributed by atoms with Crippen LogP contribution in [0.25, 0.3) is 0 Å². The Labute approximate surface area is 133 Å². The predicted molar refractivity (Wildman–Crippen MR) is 73.3 cm³/mol. The lowest BCUT2D eigenvalue weighted by Crippen LogP contribution is -2.16. The molecule has 0 heterocycles. The first kappa shape index (κ1) is 17.9. The van der Waals surface area contributed by atoms with Crippen LogP contribution in [0.2, 0.25) is 0 Å². The van der Waals surface area contributed by atoms with Crippen molar-refractivity contribution in [3.05, 3.63) is 65.2 Å². The monoisotopic (exact) mass is 346 g/mol. The van der Waals surface area contributed by atoms with E-state index in [1.54, 1.807) is 0 Å². The summed E-state index contributed by atoms with van der Waals surface area (Å²) in [6.45, 7) is 1.21. The van der Waals surface area contributed by atoms with Crippen molar-refractivity contribution in [3.63, 3.8) is 0 Å². The molecule has 2 aromatic rings. The van der Waals surface area contributed by atoms with Crippen molar-refractivity contribution < 1.29 is 36.2 Å². The summed E-state index contributed by atoms with van der Waals surface area (Å²) >= 11 is 0. The molecule has 0 bridgehead atoms. The molecule has 0 radical (unpaired) electrons. The minimum Gasteiger partial charge on any atom is -0.423 e. The number of hydrogen-bond donors (Lipinski definition) is 0. The normalized spacial score (nSPS) is 12.8. The Kier molecular flexibility index (Phi) is 5.18. The summed E-state index contributed by atoms with van der Waals surface area (Å²) in [7, 11) is 0. The second-order valence-corrected chi connectivity index (χ2v) is 4.79. The highest BCUT2D eigenvalue weighted by atomic mass is 19.4. The number of rotatable bonds is 4. The van der Waals surface area contributed by atoms with Crippen molar-refractivity contribution in [2.24, 2.45) is 0 Å². The van der Waals surface area contributed by atoms with Gasteiger partial charge in [-0.25, -0.2) is 13.6 Å². The Hall–Kier alpha value is -2.48. The molecule has 0 aliphatic rings. The number of carbonyl (C=O) groups is 1.